The van der Waals surface area contributed by atoms with Crippen LogP contribution in [0.3, 0.4) is 0 Å². The Bertz CT molecular complexity index is 720. The Morgan fingerprint density at radius 2 is 2.08 bits per heavy atom. The summed E-state index contributed by atoms with van der Waals surface area (Å²) in [5, 5.41) is 3.06. The smallest absolute Gasteiger partial charge is 0.144 e. The number of aryl methyl sites for hydroxylation is 1. The van der Waals surface area contributed by atoms with Gasteiger partial charge in [-0.1, -0.05) is 18.2 Å². The van der Waals surface area contributed by atoms with E-state index in [0.717, 1.165) is 43.3 Å². The van der Waals surface area contributed by atoms with Crippen molar-refractivity contribution in [1.82, 2.24) is 19.9 Å². The summed E-state index contributed by atoms with van der Waals surface area (Å²) >= 11 is 0. The Balaban J connectivity index is 2.42. The molecule has 0 amide bonds. The maximum Gasteiger partial charge on any atom is 0.144 e. The fourth-order valence-electron chi connectivity index (χ4n) is 2.40. The molecule has 0 unspecified atom stereocenters. The average Bonchev–Trinajstić information content (AvgIpc) is 2.66. The molecule has 0 aliphatic carbocycles. The van der Waals surface area contributed by atoms with E-state index in [-0.39, 0.29) is 0 Å². The number of hydrogen-bond acceptors (Lipinski definition) is 6. The van der Waals surface area contributed by atoms with E-state index in [0.29, 0.717) is 5.82 Å². The molecule has 1 N–H and O–H groups in total. The normalized spacial score (nSPS) is 15.3. The minimum Gasteiger partial charge on any atom is -0.378 e. The minimum absolute atomic E-state index is 0.683. The number of ether oxygens (including phenoxy) is 1. The van der Waals surface area contributed by atoms with Crippen LogP contribution in [0.1, 0.15) is 18.3 Å². The summed E-state index contributed by atoms with van der Waals surface area (Å²) in [4.78, 5) is 15.5. The van der Waals surface area contributed by atoms with Crippen molar-refractivity contribution in [3.63, 3.8) is 0 Å². The molecule has 1 saturated heterocycles. The van der Waals surface area contributed by atoms with Gasteiger partial charge in [-0.25, -0.2) is 4.98 Å². The molecule has 6 heteroatoms. The van der Waals surface area contributed by atoms with Gasteiger partial charge in [0, 0.05) is 38.2 Å². The lowest BCUT2D eigenvalue weighted by Gasteiger charge is -2.24. The molecule has 1 aliphatic rings. The van der Waals surface area contributed by atoms with Crippen LogP contribution < -0.4 is 5.32 Å². The maximum absolute atomic E-state index is 5.38. The number of rotatable bonds is 5. The summed E-state index contributed by atoms with van der Waals surface area (Å²) in [5.74, 6) is 0.683. The van der Waals surface area contributed by atoms with E-state index in [4.69, 9.17) is 9.72 Å². The first-order valence-electron chi connectivity index (χ1n) is 8.77. The zero-order valence-electron chi connectivity index (χ0n) is 15.7. The second-order valence-corrected chi connectivity index (χ2v) is 5.74. The van der Waals surface area contributed by atoms with E-state index < -0.39 is 0 Å². The van der Waals surface area contributed by atoms with Crippen molar-refractivity contribution >= 4 is 11.4 Å². The molecular formula is C20H27N5O. The maximum atomic E-state index is 5.38. The van der Waals surface area contributed by atoms with Gasteiger partial charge in [-0.3, -0.25) is 9.97 Å². The number of anilines is 1. The molecule has 1 aliphatic heterocycles. The van der Waals surface area contributed by atoms with Crippen molar-refractivity contribution in [2.75, 3.05) is 38.7 Å². The van der Waals surface area contributed by atoms with Crippen LogP contribution in [-0.4, -0.2) is 53.2 Å². The topological polar surface area (TPSA) is 63.2 Å². The summed E-state index contributed by atoms with van der Waals surface area (Å²) in [6.07, 6.45) is 15.2. The van der Waals surface area contributed by atoms with Gasteiger partial charge in [0.25, 0.3) is 0 Å². The highest BCUT2D eigenvalue weighted by molar-refractivity contribution is 5.73. The van der Waals surface area contributed by atoms with Crippen molar-refractivity contribution < 1.29 is 4.74 Å². The number of hydrogen-bond donors (Lipinski definition) is 1. The molecule has 1 aromatic rings. The lowest BCUT2D eigenvalue weighted by Crippen LogP contribution is -2.31. The highest BCUT2D eigenvalue weighted by Gasteiger charge is 2.05. The number of nitrogens with one attached hydrogen (secondary N) is 1. The van der Waals surface area contributed by atoms with Crippen molar-refractivity contribution in [3.8, 4) is 0 Å². The van der Waals surface area contributed by atoms with E-state index in [1.807, 2.05) is 39.1 Å². The van der Waals surface area contributed by atoms with Crippen molar-refractivity contribution in [2.24, 2.45) is 0 Å². The first-order chi connectivity index (χ1) is 12.7. The summed E-state index contributed by atoms with van der Waals surface area (Å²) in [6, 6.07) is 1.97. The van der Waals surface area contributed by atoms with Crippen molar-refractivity contribution in [2.45, 2.75) is 13.8 Å². The monoisotopic (exact) mass is 353 g/mol. The number of morpholine rings is 1. The van der Waals surface area contributed by atoms with Gasteiger partial charge in [-0.15, -0.1) is 0 Å². The molecule has 1 aromatic heterocycles. The second-order valence-electron chi connectivity index (χ2n) is 5.74. The quantitative estimate of drug-likeness (QED) is 0.821. The van der Waals surface area contributed by atoms with Crippen LogP contribution in [0.25, 0.3) is 5.57 Å². The van der Waals surface area contributed by atoms with Gasteiger partial charge in [-0.2, -0.15) is 0 Å². The van der Waals surface area contributed by atoms with E-state index in [2.05, 4.69) is 38.5 Å². The van der Waals surface area contributed by atoms with Gasteiger partial charge in [0.1, 0.15) is 5.82 Å². The van der Waals surface area contributed by atoms with Crippen LogP contribution in [0.15, 0.2) is 55.2 Å². The van der Waals surface area contributed by atoms with Crippen LogP contribution in [0.2, 0.25) is 0 Å². The molecule has 1 fully saturated rings. The summed E-state index contributed by atoms with van der Waals surface area (Å²) in [7, 11) is 1.83. The largest absolute Gasteiger partial charge is 0.378 e. The van der Waals surface area contributed by atoms with Gasteiger partial charge < -0.3 is 15.0 Å². The number of aromatic nitrogens is 3. The molecule has 26 heavy (non-hydrogen) atoms. The van der Waals surface area contributed by atoms with Crippen molar-refractivity contribution in [1.29, 1.82) is 0 Å². The third kappa shape index (κ3) is 6.64. The second kappa shape index (κ2) is 11.0. The van der Waals surface area contributed by atoms with E-state index in [1.165, 1.54) is 0 Å². The molecule has 0 bridgehead atoms. The predicted octanol–water partition coefficient (Wildman–Crippen LogP) is 3.15. The number of nitrogens with zero attached hydrogens (tertiary/aromatic N) is 4. The first-order valence-corrected chi connectivity index (χ1v) is 8.77. The average molecular weight is 353 g/mol. The predicted molar refractivity (Wildman–Crippen MR) is 106 cm³/mol. The lowest BCUT2D eigenvalue weighted by atomic mass is 10.1. The lowest BCUT2D eigenvalue weighted by molar-refractivity contribution is 0.0594. The first kappa shape index (κ1) is 19.6. The molecule has 0 aromatic carbocycles. The Morgan fingerprint density at radius 1 is 1.27 bits per heavy atom. The van der Waals surface area contributed by atoms with Gasteiger partial charge >= 0.3 is 0 Å². The highest BCUT2D eigenvalue weighted by atomic mass is 16.5. The van der Waals surface area contributed by atoms with Crippen LogP contribution in [-0.2, 0) is 4.74 Å². The molecule has 138 valence electrons. The molecular weight excluding hydrogens is 326 g/mol. The molecule has 0 spiro atoms. The van der Waals surface area contributed by atoms with Gasteiger partial charge in [0.15, 0.2) is 0 Å². The Hall–Kier alpha value is -2.73. The summed E-state index contributed by atoms with van der Waals surface area (Å²) < 4.78 is 5.38. The Kier molecular flexibility index (Phi) is 8.29. The summed E-state index contributed by atoms with van der Waals surface area (Å²) in [5.41, 5.74) is 2.68. The van der Waals surface area contributed by atoms with E-state index in [9.17, 15) is 0 Å². The number of allylic oxidation sites excluding steroid dienone is 5. The molecule has 0 atom stereocenters. The fraction of sp³-hybridized carbons (Fsp3) is 0.350. The zero-order valence-corrected chi connectivity index (χ0v) is 15.7. The standard InChI is InChI=1S/C20H27N5O/c1-4-6-18(7-5-10-25-11-13-26-14-12-25)19-15-17(2)23-9-8-22-16-20(21-3)24-19/h4-10,15-16H,11-14H2,1-3H3,(H,21,24)/b6-4-,10-5+,18-7+. The molecule has 2 heterocycles. The van der Waals surface area contributed by atoms with Gasteiger partial charge in [-0.05, 0) is 37.8 Å². The third-order valence-corrected chi connectivity index (χ3v) is 3.73. The highest BCUT2D eigenvalue weighted by Crippen LogP contribution is 2.15. The van der Waals surface area contributed by atoms with Crippen LogP contribution in [0.4, 0.5) is 5.82 Å². The van der Waals surface area contributed by atoms with Gasteiger partial charge in [0.2, 0.25) is 0 Å². The van der Waals surface area contributed by atoms with E-state index in [1.54, 1.807) is 18.6 Å². The van der Waals surface area contributed by atoms with Gasteiger partial charge in [0.05, 0.1) is 25.1 Å². The fourth-order valence-corrected chi connectivity index (χ4v) is 2.40. The Labute approximate surface area is 155 Å². The van der Waals surface area contributed by atoms with Crippen LogP contribution in [0.5, 0.6) is 0 Å². The molecule has 0 radical (unpaired) electrons. The van der Waals surface area contributed by atoms with Crippen LogP contribution >= 0.6 is 0 Å². The minimum atomic E-state index is 0.683. The third-order valence-electron chi connectivity index (χ3n) is 3.73. The summed E-state index contributed by atoms with van der Waals surface area (Å²) in [6.45, 7) is 7.33. The van der Waals surface area contributed by atoms with Crippen LogP contribution in [0, 0.1) is 6.92 Å². The molecule has 2 rings (SSSR count). The zero-order chi connectivity index (χ0) is 18.6. The molecule has 0 saturated carbocycles. The Morgan fingerprint density at radius 3 is 2.81 bits per heavy atom. The van der Waals surface area contributed by atoms with Crippen molar-refractivity contribution in [3.05, 3.63) is 66.5 Å². The molecule has 6 nitrogen and oxygen atoms in total. The SMILES string of the molecule is C\C=C/C(=C\C=C\N1CCOCC1)c1cc(C)nccncc(NC)n1. The van der Waals surface area contributed by atoms with E-state index >= 15 is 0 Å².